The van der Waals surface area contributed by atoms with Gasteiger partial charge in [-0.2, -0.15) is 5.10 Å². The van der Waals surface area contributed by atoms with Crippen LogP contribution in [0.4, 0.5) is 5.69 Å². The fraction of sp³-hybridized carbons (Fsp3) is 0.185. The topological polar surface area (TPSA) is 134 Å². The molecule has 0 fully saturated rings. The molecule has 1 heterocycles. The molecule has 0 bridgehead atoms. The molecule has 3 aromatic carbocycles. The van der Waals surface area contributed by atoms with E-state index in [2.05, 4.69) is 10.4 Å². The highest BCUT2D eigenvalue weighted by molar-refractivity contribution is 6.04. The van der Waals surface area contributed by atoms with Gasteiger partial charge in [-0.15, -0.1) is 0 Å². The largest absolute Gasteiger partial charge is 0.481 e. The van der Waals surface area contributed by atoms with Crippen molar-refractivity contribution in [2.24, 2.45) is 10.9 Å². The number of hydrogen-bond donors (Lipinski definition) is 3. The first-order valence-corrected chi connectivity index (χ1v) is 11.4. The van der Waals surface area contributed by atoms with Crippen molar-refractivity contribution in [2.75, 3.05) is 11.9 Å². The van der Waals surface area contributed by atoms with Crippen LogP contribution in [0.15, 0.2) is 77.9 Å². The Bertz CT molecular complexity index is 1280. The second kappa shape index (κ2) is 11.2. The summed E-state index contributed by atoms with van der Waals surface area (Å²) in [6.45, 7) is 0.630. The van der Waals surface area contributed by atoms with Gasteiger partial charge in [0.15, 0.2) is 6.10 Å². The first kappa shape index (κ1) is 24.5. The molecule has 0 spiro atoms. The van der Waals surface area contributed by atoms with Crippen molar-refractivity contribution in [3.63, 3.8) is 0 Å². The molecule has 1 atom stereocenters. The third-order valence-electron chi connectivity index (χ3n) is 5.81. The zero-order valence-electron chi connectivity index (χ0n) is 19.5. The quantitative estimate of drug-likeness (QED) is 0.255. The third kappa shape index (κ3) is 6.06. The molecule has 0 aliphatic carbocycles. The van der Waals surface area contributed by atoms with Crippen molar-refractivity contribution >= 4 is 29.7 Å². The molecule has 36 heavy (non-hydrogen) atoms. The molecule has 0 saturated heterocycles. The standard InChI is InChI=1S/C27H26N4O5/c28-29-16-19-6-8-20(9-7-19)26(34)30-22-10-11-23-21(14-22)17-31(13-12-18-4-2-1-3-5-18)27(35)24(36-23)15-25(32)33/h1-11,14,16,24H,12-13,15,17,28H2,(H,30,34)(H,32,33). The highest BCUT2D eigenvalue weighted by atomic mass is 16.5. The molecule has 184 valence electrons. The Labute approximate surface area is 208 Å². The number of nitrogens with zero attached hydrogens (tertiary/aromatic N) is 2. The van der Waals surface area contributed by atoms with Crippen LogP contribution < -0.4 is 15.9 Å². The van der Waals surface area contributed by atoms with E-state index in [0.717, 1.165) is 11.1 Å². The van der Waals surface area contributed by atoms with E-state index in [4.69, 9.17) is 10.6 Å². The maximum absolute atomic E-state index is 13.1. The first-order chi connectivity index (χ1) is 17.4. The lowest BCUT2D eigenvalue weighted by Gasteiger charge is -2.23. The Morgan fingerprint density at radius 2 is 1.86 bits per heavy atom. The fourth-order valence-electron chi connectivity index (χ4n) is 3.98. The molecule has 0 radical (unpaired) electrons. The van der Waals surface area contributed by atoms with Gasteiger partial charge in [0.25, 0.3) is 11.8 Å². The molecule has 1 aliphatic rings. The van der Waals surface area contributed by atoms with Gasteiger partial charge in [-0.3, -0.25) is 14.4 Å². The number of aliphatic carboxylic acids is 1. The molecule has 0 saturated carbocycles. The van der Waals surface area contributed by atoms with Crippen LogP contribution >= 0.6 is 0 Å². The lowest BCUT2D eigenvalue weighted by atomic mass is 10.1. The van der Waals surface area contributed by atoms with Gasteiger partial charge in [-0.05, 0) is 47.9 Å². The van der Waals surface area contributed by atoms with Crippen LogP contribution in [-0.4, -0.2) is 46.7 Å². The van der Waals surface area contributed by atoms with Crippen LogP contribution in [0.1, 0.15) is 33.5 Å². The van der Waals surface area contributed by atoms with Gasteiger partial charge >= 0.3 is 5.97 Å². The summed E-state index contributed by atoms with van der Waals surface area (Å²) >= 11 is 0. The predicted molar refractivity (Wildman–Crippen MR) is 135 cm³/mol. The number of carbonyl (C=O) groups excluding carboxylic acids is 2. The second-order valence-corrected chi connectivity index (χ2v) is 8.38. The molecular weight excluding hydrogens is 460 g/mol. The van der Waals surface area contributed by atoms with E-state index in [1.807, 2.05) is 30.3 Å². The number of carboxylic acids is 1. The van der Waals surface area contributed by atoms with E-state index in [0.29, 0.717) is 35.5 Å². The SMILES string of the molecule is NN=Cc1ccc(C(=O)Nc2ccc3c(c2)CN(CCc2ccccc2)C(=O)C(CC(=O)O)O3)cc1. The first-order valence-electron chi connectivity index (χ1n) is 11.4. The molecule has 0 aromatic heterocycles. The van der Waals surface area contributed by atoms with E-state index in [9.17, 15) is 19.5 Å². The fourth-order valence-corrected chi connectivity index (χ4v) is 3.98. The highest BCUT2D eigenvalue weighted by Gasteiger charge is 2.32. The van der Waals surface area contributed by atoms with Crippen molar-refractivity contribution in [1.82, 2.24) is 4.90 Å². The Kier molecular flexibility index (Phi) is 7.60. The zero-order valence-corrected chi connectivity index (χ0v) is 19.5. The molecule has 1 aliphatic heterocycles. The van der Waals surface area contributed by atoms with Crippen LogP contribution in [0.5, 0.6) is 5.75 Å². The van der Waals surface area contributed by atoms with Gasteiger partial charge in [0.1, 0.15) is 5.75 Å². The minimum atomic E-state index is -1.13. The van der Waals surface area contributed by atoms with Gasteiger partial charge in [-0.1, -0.05) is 42.5 Å². The number of fused-ring (bicyclic) bond motifs is 1. The number of carboxylic acid groups (broad SMARTS) is 1. The number of ether oxygens (including phenoxy) is 1. The van der Waals surface area contributed by atoms with E-state index in [-0.39, 0.29) is 18.4 Å². The average molecular weight is 487 g/mol. The summed E-state index contributed by atoms with van der Waals surface area (Å²) in [5.41, 5.74) is 3.50. The third-order valence-corrected chi connectivity index (χ3v) is 5.81. The number of benzene rings is 3. The molecule has 2 amide bonds. The molecule has 4 N–H and O–H groups in total. The van der Waals surface area contributed by atoms with Crippen molar-refractivity contribution in [2.45, 2.75) is 25.5 Å². The molecule has 3 aromatic rings. The monoisotopic (exact) mass is 486 g/mol. The van der Waals surface area contributed by atoms with E-state index in [1.54, 1.807) is 47.4 Å². The lowest BCUT2D eigenvalue weighted by molar-refractivity contribution is -0.147. The predicted octanol–water partition coefficient (Wildman–Crippen LogP) is 3.04. The Balaban J connectivity index is 1.54. The molecule has 9 heteroatoms. The van der Waals surface area contributed by atoms with Crippen molar-refractivity contribution < 1.29 is 24.2 Å². The number of nitrogens with two attached hydrogens (primary N) is 1. The number of anilines is 1. The number of nitrogens with one attached hydrogen (secondary N) is 1. The minimum Gasteiger partial charge on any atom is -0.481 e. The van der Waals surface area contributed by atoms with Gasteiger partial charge in [0.2, 0.25) is 0 Å². The normalized spacial score (nSPS) is 15.2. The summed E-state index contributed by atoms with van der Waals surface area (Å²) in [4.78, 5) is 38.9. The molecule has 1 unspecified atom stereocenters. The van der Waals surface area contributed by atoms with E-state index < -0.39 is 18.5 Å². The maximum atomic E-state index is 13.1. The van der Waals surface area contributed by atoms with Crippen molar-refractivity contribution in [3.05, 3.63) is 95.1 Å². The number of carbonyl (C=O) groups is 3. The van der Waals surface area contributed by atoms with Crippen LogP contribution in [0, 0.1) is 0 Å². The molecule has 9 nitrogen and oxygen atoms in total. The summed E-state index contributed by atoms with van der Waals surface area (Å²) in [6.07, 6.45) is 0.527. The maximum Gasteiger partial charge on any atom is 0.307 e. The number of amides is 2. The van der Waals surface area contributed by atoms with Gasteiger partial charge in [0.05, 0.1) is 12.6 Å². The highest BCUT2D eigenvalue weighted by Crippen LogP contribution is 2.30. The van der Waals surface area contributed by atoms with Crippen LogP contribution in [0.25, 0.3) is 0 Å². The van der Waals surface area contributed by atoms with Crippen molar-refractivity contribution in [1.29, 1.82) is 0 Å². The van der Waals surface area contributed by atoms with Gasteiger partial charge < -0.3 is 25.9 Å². The van der Waals surface area contributed by atoms with Crippen LogP contribution in [-0.2, 0) is 22.6 Å². The Hall–Kier alpha value is -4.66. The van der Waals surface area contributed by atoms with Crippen molar-refractivity contribution in [3.8, 4) is 5.75 Å². The summed E-state index contributed by atoms with van der Waals surface area (Å²) in [6, 6.07) is 21.6. The minimum absolute atomic E-state index is 0.230. The zero-order chi connectivity index (χ0) is 25.5. The van der Waals surface area contributed by atoms with Crippen LogP contribution in [0.2, 0.25) is 0 Å². The average Bonchev–Trinajstić information content (AvgIpc) is 3.00. The Morgan fingerprint density at radius 3 is 2.56 bits per heavy atom. The number of rotatable bonds is 8. The van der Waals surface area contributed by atoms with Gasteiger partial charge in [-0.25, -0.2) is 0 Å². The summed E-state index contributed by atoms with van der Waals surface area (Å²) < 4.78 is 5.84. The molecule has 4 rings (SSSR count). The molecular formula is C27H26N4O5. The van der Waals surface area contributed by atoms with E-state index >= 15 is 0 Å². The summed E-state index contributed by atoms with van der Waals surface area (Å²) in [5.74, 6) is 3.77. The summed E-state index contributed by atoms with van der Waals surface area (Å²) in [5, 5.41) is 15.6. The second-order valence-electron chi connectivity index (χ2n) is 8.38. The van der Waals surface area contributed by atoms with E-state index in [1.165, 1.54) is 6.21 Å². The van der Waals surface area contributed by atoms with Gasteiger partial charge in [0, 0.05) is 29.9 Å². The lowest BCUT2D eigenvalue weighted by Crippen LogP contribution is -2.41. The van der Waals surface area contributed by atoms with Crippen LogP contribution in [0.3, 0.4) is 0 Å². The Morgan fingerprint density at radius 1 is 1.11 bits per heavy atom. The smallest absolute Gasteiger partial charge is 0.307 e. The number of hydrazone groups is 1. The number of hydrogen-bond acceptors (Lipinski definition) is 6. The summed E-state index contributed by atoms with van der Waals surface area (Å²) in [7, 11) is 0.